The molecule has 1 fully saturated rings. The Labute approximate surface area is 84.5 Å². The summed E-state index contributed by atoms with van der Waals surface area (Å²) in [6.45, 7) is 5.38. The van der Waals surface area contributed by atoms with Crippen LogP contribution in [-0.2, 0) is 0 Å². The predicted molar refractivity (Wildman–Crippen MR) is 54.1 cm³/mol. The molecule has 5 nitrogen and oxygen atoms in total. The molecule has 1 atom stereocenters. The molecular weight excluding hydrogens is 182 g/mol. The van der Waals surface area contributed by atoms with Gasteiger partial charge in [0.15, 0.2) is 0 Å². The number of nitrogens with zero attached hydrogens (tertiary/aromatic N) is 1. The predicted octanol–water partition coefficient (Wildman–Crippen LogP) is -0.628. The summed E-state index contributed by atoms with van der Waals surface area (Å²) in [6, 6.07) is 0.0232. The lowest BCUT2D eigenvalue weighted by Gasteiger charge is -2.27. The van der Waals surface area contributed by atoms with Crippen LogP contribution >= 0.6 is 0 Å². The Bertz CT molecular complexity index is 185. The zero-order chi connectivity index (χ0) is 10.4. The Morgan fingerprint density at radius 2 is 2.50 bits per heavy atom. The minimum absolute atomic E-state index is 0.0232. The first-order valence-corrected chi connectivity index (χ1v) is 5.11. The first-order valence-electron chi connectivity index (χ1n) is 5.11. The summed E-state index contributed by atoms with van der Waals surface area (Å²) in [4.78, 5) is 13.1. The molecule has 0 aromatic rings. The number of carbonyl (C=O) groups is 1. The summed E-state index contributed by atoms with van der Waals surface area (Å²) in [5.74, 6) is 0. The molecule has 1 saturated heterocycles. The van der Waals surface area contributed by atoms with Crippen LogP contribution < -0.4 is 10.6 Å². The van der Waals surface area contributed by atoms with E-state index < -0.39 is 0 Å². The Morgan fingerprint density at radius 3 is 3.14 bits per heavy atom. The van der Waals surface area contributed by atoms with Gasteiger partial charge in [-0.2, -0.15) is 0 Å². The van der Waals surface area contributed by atoms with Gasteiger partial charge in [-0.05, 0) is 13.3 Å². The van der Waals surface area contributed by atoms with Gasteiger partial charge in [0.2, 0.25) is 0 Å². The average Bonchev–Trinajstić information content (AvgIpc) is 2.15. The van der Waals surface area contributed by atoms with Crippen LogP contribution in [0.25, 0.3) is 0 Å². The molecule has 1 aliphatic rings. The lowest BCUT2D eigenvalue weighted by molar-refractivity contribution is 0.178. The van der Waals surface area contributed by atoms with E-state index in [2.05, 4.69) is 10.6 Å². The van der Waals surface area contributed by atoms with Crippen molar-refractivity contribution in [3.63, 3.8) is 0 Å². The number of nitrogens with one attached hydrogen (secondary N) is 2. The van der Waals surface area contributed by atoms with Crippen LogP contribution in [0, 0.1) is 0 Å². The molecular formula is C9H19N3O2. The number of urea groups is 1. The number of hydrogen-bond donors (Lipinski definition) is 3. The number of amides is 2. The third kappa shape index (κ3) is 3.93. The van der Waals surface area contributed by atoms with Crippen LogP contribution in [-0.4, -0.2) is 54.9 Å². The zero-order valence-electron chi connectivity index (χ0n) is 8.62. The summed E-state index contributed by atoms with van der Waals surface area (Å²) in [7, 11) is 0. The molecule has 0 radical (unpaired) electrons. The Kier molecular flexibility index (Phi) is 4.69. The first-order chi connectivity index (χ1) is 6.70. The molecule has 2 amide bonds. The molecule has 0 aromatic carbocycles. The summed E-state index contributed by atoms with van der Waals surface area (Å²) < 4.78 is 0. The van der Waals surface area contributed by atoms with Crippen LogP contribution in [0.5, 0.6) is 0 Å². The van der Waals surface area contributed by atoms with Gasteiger partial charge in [0, 0.05) is 32.7 Å². The van der Waals surface area contributed by atoms with Crippen molar-refractivity contribution in [2.24, 2.45) is 0 Å². The quantitative estimate of drug-likeness (QED) is 0.519. The van der Waals surface area contributed by atoms with Crippen molar-refractivity contribution in [3.8, 4) is 0 Å². The van der Waals surface area contributed by atoms with Gasteiger partial charge in [-0.15, -0.1) is 0 Å². The Balaban J connectivity index is 2.07. The lowest BCUT2D eigenvalue weighted by Crippen LogP contribution is -2.48. The largest absolute Gasteiger partial charge is 0.392 e. The monoisotopic (exact) mass is 201 g/mol. The molecule has 1 aliphatic heterocycles. The highest BCUT2D eigenvalue weighted by molar-refractivity contribution is 5.74. The summed E-state index contributed by atoms with van der Waals surface area (Å²) in [6.07, 6.45) is 0.687. The van der Waals surface area contributed by atoms with E-state index in [4.69, 9.17) is 5.11 Å². The van der Waals surface area contributed by atoms with Gasteiger partial charge in [0.05, 0.1) is 6.10 Å². The molecule has 3 N–H and O–H groups in total. The van der Waals surface area contributed by atoms with E-state index in [1.54, 1.807) is 11.8 Å². The summed E-state index contributed by atoms with van der Waals surface area (Å²) in [5.41, 5.74) is 0. The van der Waals surface area contributed by atoms with Gasteiger partial charge < -0.3 is 20.6 Å². The SMILES string of the molecule is CC(O)CNCCN1CCCNC1=O. The van der Waals surface area contributed by atoms with Gasteiger partial charge in [-0.25, -0.2) is 4.79 Å². The number of aliphatic hydroxyl groups is 1. The second-order valence-electron chi connectivity index (χ2n) is 3.63. The molecule has 0 aromatic heterocycles. The third-order valence-electron chi connectivity index (χ3n) is 2.17. The maximum absolute atomic E-state index is 11.3. The fourth-order valence-electron chi connectivity index (χ4n) is 1.42. The molecule has 82 valence electrons. The second-order valence-corrected chi connectivity index (χ2v) is 3.63. The molecule has 0 aliphatic carbocycles. The van der Waals surface area contributed by atoms with Crippen LogP contribution in [0.2, 0.25) is 0 Å². The van der Waals surface area contributed by atoms with Gasteiger partial charge in [-0.1, -0.05) is 0 Å². The Hall–Kier alpha value is -0.810. The maximum atomic E-state index is 11.3. The van der Waals surface area contributed by atoms with Gasteiger partial charge >= 0.3 is 6.03 Å². The molecule has 0 spiro atoms. The normalized spacial score (nSPS) is 19.3. The van der Waals surface area contributed by atoms with Crippen molar-refractivity contribution < 1.29 is 9.90 Å². The highest BCUT2D eigenvalue weighted by atomic mass is 16.3. The van der Waals surface area contributed by atoms with Crippen molar-refractivity contribution in [3.05, 3.63) is 0 Å². The van der Waals surface area contributed by atoms with Crippen molar-refractivity contribution in [2.45, 2.75) is 19.4 Å². The van der Waals surface area contributed by atoms with Gasteiger partial charge in [0.1, 0.15) is 0 Å². The first kappa shape index (κ1) is 11.3. The van der Waals surface area contributed by atoms with Crippen molar-refractivity contribution >= 4 is 6.03 Å². The van der Waals surface area contributed by atoms with Gasteiger partial charge in [-0.3, -0.25) is 0 Å². The number of hydrogen-bond acceptors (Lipinski definition) is 3. The lowest BCUT2D eigenvalue weighted by atomic mass is 10.3. The number of carbonyl (C=O) groups excluding carboxylic acids is 1. The summed E-state index contributed by atoms with van der Waals surface area (Å²) in [5, 5.41) is 14.9. The van der Waals surface area contributed by atoms with Crippen LogP contribution in [0.3, 0.4) is 0 Å². The minimum Gasteiger partial charge on any atom is -0.392 e. The standard InChI is InChI=1S/C9H19N3O2/c1-8(13)7-10-4-6-12-5-2-3-11-9(12)14/h8,10,13H,2-7H2,1H3,(H,11,14). The second kappa shape index (κ2) is 5.82. The molecule has 5 heteroatoms. The van der Waals surface area contributed by atoms with Crippen LogP contribution in [0.1, 0.15) is 13.3 Å². The highest BCUT2D eigenvalue weighted by Crippen LogP contribution is 1.97. The van der Waals surface area contributed by atoms with Crippen LogP contribution in [0.4, 0.5) is 4.79 Å². The minimum atomic E-state index is -0.329. The van der Waals surface area contributed by atoms with E-state index in [0.29, 0.717) is 13.1 Å². The molecule has 0 bridgehead atoms. The molecule has 14 heavy (non-hydrogen) atoms. The van der Waals surface area contributed by atoms with E-state index in [0.717, 1.165) is 26.1 Å². The van der Waals surface area contributed by atoms with Crippen molar-refractivity contribution in [2.75, 3.05) is 32.7 Å². The van der Waals surface area contributed by atoms with Crippen molar-refractivity contribution in [1.29, 1.82) is 0 Å². The fraction of sp³-hybridized carbons (Fsp3) is 0.889. The van der Waals surface area contributed by atoms with E-state index >= 15 is 0 Å². The van der Waals surface area contributed by atoms with E-state index in [9.17, 15) is 4.79 Å². The topological polar surface area (TPSA) is 64.6 Å². The number of aliphatic hydroxyl groups excluding tert-OH is 1. The average molecular weight is 201 g/mol. The van der Waals surface area contributed by atoms with Gasteiger partial charge in [0.25, 0.3) is 0 Å². The number of rotatable bonds is 5. The van der Waals surface area contributed by atoms with E-state index in [-0.39, 0.29) is 12.1 Å². The molecule has 1 heterocycles. The third-order valence-corrected chi connectivity index (χ3v) is 2.17. The smallest absolute Gasteiger partial charge is 0.317 e. The van der Waals surface area contributed by atoms with Crippen molar-refractivity contribution in [1.82, 2.24) is 15.5 Å². The van der Waals surface area contributed by atoms with Crippen LogP contribution in [0.15, 0.2) is 0 Å². The molecule has 1 rings (SSSR count). The fourth-order valence-corrected chi connectivity index (χ4v) is 1.42. The summed E-state index contributed by atoms with van der Waals surface area (Å²) >= 11 is 0. The van der Waals surface area contributed by atoms with E-state index in [1.165, 1.54) is 0 Å². The maximum Gasteiger partial charge on any atom is 0.317 e. The van der Waals surface area contributed by atoms with E-state index in [1.807, 2.05) is 0 Å². The zero-order valence-corrected chi connectivity index (χ0v) is 8.62. The molecule has 0 saturated carbocycles. The Morgan fingerprint density at radius 1 is 1.71 bits per heavy atom. The molecule has 1 unspecified atom stereocenters. The highest BCUT2D eigenvalue weighted by Gasteiger charge is 2.15.